The molecule has 1 saturated heterocycles. The van der Waals surface area contributed by atoms with Gasteiger partial charge in [-0.3, -0.25) is 10.4 Å². The number of likely N-dealkylation sites (N-methyl/N-ethyl adjacent to an activating group) is 1. The number of anilines is 4. The fourth-order valence-electron chi connectivity index (χ4n) is 4.05. The third kappa shape index (κ3) is 4.57. The number of thiophene rings is 1. The summed E-state index contributed by atoms with van der Waals surface area (Å²) in [6.45, 7) is 6.36. The lowest BCUT2D eigenvalue weighted by molar-refractivity contribution is 0.312. The zero-order chi connectivity index (χ0) is 22.0. The summed E-state index contributed by atoms with van der Waals surface area (Å²) in [7, 11) is 5.94. The molecule has 0 unspecified atom stereocenters. The normalized spacial score (nSPS) is 14.5. The number of rotatable bonds is 6. The van der Waals surface area contributed by atoms with E-state index in [1.165, 1.54) is 10.6 Å². The molecule has 7 heteroatoms. The molecular weight excluding hydrogens is 406 g/mol. The van der Waals surface area contributed by atoms with Gasteiger partial charge in [0.1, 0.15) is 5.75 Å². The Bertz CT molecular complexity index is 1040. The molecule has 1 aliphatic heterocycles. The zero-order valence-corrected chi connectivity index (χ0v) is 19.5. The first-order chi connectivity index (χ1) is 15.0. The number of benzene rings is 2. The van der Waals surface area contributed by atoms with Crippen LogP contribution in [0.15, 0.2) is 47.8 Å². The van der Waals surface area contributed by atoms with E-state index in [9.17, 15) is 0 Å². The number of ether oxygens (including phenoxy) is 1. The van der Waals surface area contributed by atoms with Gasteiger partial charge in [0.25, 0.3) is 0 Å². The predicted octanol–water partition coefficient (Wildman–Crippen LogP) is 4.53. The summed E-state index contributed by atoms with van der Waals surface area (Å²) >= 11 is 1.74. The van der Waals surface area contributed by atoms with Gasteiger partial charge in [-0.1, -0.05) is 12.1 Å². The Labute approximate surface area is 188 Å². The second-order valence-electron chi connectivity index (χ2n) is 8.03. The van der Waals surface area contributed by atoms with Gasteiger partial charge in [0.05, 0.1) is 18.5 Å². The number of aryl methyl sites for hydroxylation is 1. The lowest BCUT2D eigenvalue weighted by Gasteiger charge is -2.34. The van der Waals surface area contributed by atoms with Crippen LogP contribution in [0.3, 0.4) is 0 Å². The number of hydrogen-bond acceptors (Lipinski definition) is 7. The van der Waals surface area contributed by atoms with E-state index in [-0.39, 0.29) is 0 Å². The van der Waals surface area contributed by atoms with Crippen LogP contribution >= 0.6 is 11.3 Å². The van der Waals surface area contributed by atoms with Crippen LogP contribution in [0.2, 0.25) is 0 Å². The Kier molecular flexibility index (Phi) is 6.25. The lowest BCUT2D eigenvalue weighted by Crippen LogP contribution is -2.44. The molecule has 31 heavy (non-hydrogen) atoms. The Morgan fingerprint density at radius 1 is 1.10 bits per heavy atom. The third-order valence-electron chi connectivity index (χ3n) is 5.82. The van der Waals surface area contributed by atoms with E-state index in [1.54, 1.807) is 18.4 Å². The van der Waals surface area contributed by atoms with Crippen LogP contribution in [-0.4, -0.2) is 52.3 Å². The van der Waals surface area contributed by atoms with E-state index < -0.39 is 0 Å². The molecule has 1 fully saturated rings. The highest BCUT2D eigenvalue weighted by Crippen LogP contribution is 2.39. The minimum absolute atomic E-state index is 0.768. The maximum absolute atomic E-state index is 6.02. The van der Waals surface area contributed by atoms with Crippen molar-refractivity contribution in [2.45, 2.75) is 6.92 Å². The van der Waals surface area contributed by atoms with E-state index in [2.05, 4.69) is 63.9 Å². The Hall–Kier alpha value is -2.90. The van der Waals surface area contributed by atoms with Gasteiger partial charge in [-0.25, -0.2) is 0 Å². The molecule has 0 saturated carbocycles. The molecule has 2 aromatic carbocycles. The molecule has 2 heterocycles. The lowest BCUT2D eigenvalue weighted by atomic mass is 10.1. The molecule has 0 spiro atoms. The van der Waals surface area contributed by atoms with Crippen molar-refractivity contribution in [3.63, 3.8) is 0 Å². The molecule has 4 rings (SSSR count). The summed E-state index contributed by atoms with van der Waals surface area (Å²) in [6.07, 6.45) is 0. The van der Waals surface area contributed by atoms with Crippen molar-refractivity contribution in [2.24, 2.45) is 0 Å². The number of piperazine rings is 1. The summed E-state index contributed by atoms with van der Waals surface area (Å²) in [6, 6.07) is 14.4. The van der Waals surface area contributed by atoms with Crippen molar-refractivity contribution < 1.29 is 4.74 Å². The summed E-state index contributed by atoms with van der Waals surface area (Å²) in [5, 5.41) is 4.25. The maximum Gasteiger partial charge on any atom is 0.145 e. The molecule has 0 atom stereocenters. The van der Waals surface area contributed by atoms with E-state index in [0.29, 0.717) is 0 Å². The van der Waals surface area contributed by atoms with Gasteiger partial charge in [0, 0.05) is 66.5 Å². The van der Waals surface area contributed by atoms with Gasteiger partial charge in [-0.2, -0.15) is 0 Å². The van der Waals surface area contributed by atoms with Crippen LogP contribution in [0, 0.1) is 6.92 Å². The average molecular weight is 438 g/mol. The Morgan fingerprint density at radius 2 is 1.87 bits per heavy atom. The standard InChI is InChI=1S/C24H31N5OS/c1-17-24(21(16-31-17)18-6-5-7-19(25)14-18)28(3)26-22-9-8-20(15-23(22)30-4)29-12-10-27(2)11-13-29/h5-9,14-16,26H,10-13,25H2,1-4H3. The molecule has 0 amide bonds. The monoisotopic (exact) mass is 437 g/mol. The van der Waals surface area contributed by atoms with Crippen LogP contribution in [0.1, 0.15) is 4.88 Å². The number of methoxy groups -OCH3 is 1. The first-order valence-electron chi connectivity index (χ1n) is 10.5. The van der Waals surface area contributed by atoms with Gasteiger partial charge in [-0.05, 0) is 43.8 Å². The van der Waals surface area contributed by atoms with Crippen LogP contribution in [0.5, 0.6) is 5.75 Å². The minimum Gasteiger partial charge on any atom is -0.494 e. The van der Waals surface area contributed by atoms with Crippen molar-refractivity contribution >= 4 is 34.1 Å². The topological polar surface area (TPSA) is 57.0 Å². The largest absolute Gasteiger partial charge is 0.494 e. The molecule has 0 radical (unpaired) electrons. The molecule has 0 bridgehead atoms. The summed E-state index contributed by atoms with van der Waals surface area (Å²) < 4.78 is 5.74. The van der Waals surface area contributed by atoms with Crippen molar-refractivity contribution in [2.75, 3.05) is 68.5 Å². The quantitative estimate of drug-likeness (QED) is 0.437. The number of hydrazine groups is 1. The fourth-order valence-corrected chi connectivity index (χ4v) is 4.95. The zero-order valence-electron chi connectivity index (χ0n) is 18.7. The van der Waals surface area contributed by atoms with Crippen molar-refractivity contribution in [3.8, 4) is 16.9 Å². The smallest absolute Gasteiger partial charge is 0.145 e. The van der Waals surface area contributed by atoms with Crippen LogP contribution in [0.4, 0.5) is 22.7 Å². The fraction of sp³-hybridized carbons (Fsp3) is 0.333. The predicted molar refractivity (Wildman–Crippen MR) is 134 cm³/mol. The van der Waals surface area contributed by atoms with E-state index >= 15 is 0 Å². The highest BCUT2D eigenvalue weighted by molar-refractivity contribution is 7.11. The molecule has 1 aliphatic rings. The molecule has 3 N–H and O–H groups in total. The minimum atomic E-state index is 0.768. The molecule has 6 nitrogen and oxygen atoms in total. The number of nitrogen functional groups attached to an aromatic ring is 1. The van der Waals surface area contributed by atoms with Gasteiger partial charge in [0.15, 0.2) is 0 Å². The molecular formula is C24H31N5OS. The molecule has 1 aromatic heterocycles. The van der Waals surface area contributed by atoms with E-state index in [1.807, 2.05) is 25.2 Å². The van der Waals surface area contributed by atoms with Crippen LogP contribution in [0.25, 0.3) is 11.1 Å². The summed E-state index contributed by atoms with van der Waals surface area (Å²) in [4.78, 5) is 6.01. The van der Waals surface area contributed by atoms with Crippen molar-refractivity contribution in [1.29, 1.82) is 0 Å². The number of nitrogens with two attached hydrogens (primary N) is 1. The SMILES string of the molecule is COc1cc(N2CCN(C)CC2)ccc1NN(C)c1c(-c2cccc(N)c2)csc1C. The van der Waals surface area contributed by atoms with E-state index in [0.717, 1.165) is 60.1 Å². The molecule has 0 aliphatic carbocycles. The van der Waals surface area contributed by atoms with E-state index in [4.69, 9.17) is 10.5 Å². The second kappa shape index (κ2) is 9.08. The van der Waals surface area contributed by atoms with Gasteiger partial charge < -0.3 is 20.3 Å². The van der Waals surface area contributed by atoms with Gasteiger partial charge in [0.2, 0.25) is 0 Å². The first-order valence-corrected chi connectivity index (χ1v) is 11.4. The highest BCUT2D eigenvalue weighted by atomic mass is 32.1. The Morgan fingerprint density at radius 3 is 2.58 bits per heavy atom. The summed E-state index contributed by atoms with van der Waals surface area (Å²) in [5.41, 5.74) is 15.9. The van der Waals surface area contributed by atoms with Gasteiger partial charge >= 0.3 is 0 Å². The molecule has 164 valence electrons. The highest BCUT2D eigenvalue weighted by Gasteiger charge is 2.18. The second-order valence-corrected chi connectivity index (χ2v) is 9.11. The number of nitrogens with one attached hydrogen (secondary N) is 1. The number of nitrogens with zero attached hydrogens (tertiary/aromatic N) is 3. The van der Waals surface area contributed by atoms with Crippen LogP contribution < -0.4 is 25.8 Å². The van der Waals surface area contributed by atoms with Crippen molar-refractivity contribution in [3.05, 3.63) is 52.7 Å². The molecule has 3 aromatic rings. The maximum atomic E-state index is 6.02. The number of hydrogen-bond donors (Lipinski definition) is 2. The average Bonchev–Trinajstić information content (AvgIpc) is 3.16. The third-order valence-corrected chi connectivity index (χ3v) is 6.72. The van der Waals surface area contributed by atoms with Crippen LogP contribution in [-0.2, 0) is 0 Å². The summed E-state index contributed by atoms with van der Waals surface area (Å²) in [5.74, 6) is 0.835. The van der Waals surface area contributed by atoms with Crippen molar-refractivity contribution in [1.82, 2.24) is 4.90 Å². The Balaban J connectivity index is 1.58. The first kappa shape index (κ1) is 21.3. The van der Waals surface area contributed by atoms with Gasteiger partial charge in [-0.15, -0.1) is 11.3 Å².